The first-order chi connectivity index (χ1) is 19.3. The highest BCUT2D eigenvalue weighted by Crippen LogP contribution is 2.48. The van der Waals surface area contributed by atoms with Gasteiger partial charge in [-0.25, -0.2) is 4.98 Å². The standard InChI is InChI=1S/C32H37N3O4S/c1-5-6-10-15-40-31-34-29-28(30(37)35-31)26(27-22(33-29)17-32(2,3)18-23(27)36)21-13-14-24(25(16-21)38-4)39-19-20-11-8-7-9-12-20/h7-9,11-14,16,26H,5-6,10,15,17-19H2,1-4H3,(H2,33,34,35,37). The number of carbonyl (C=O) groups excluding carboxylic acids is 1. The Bertz CT molecular complexity index is 1480. The van der Waals surface area contributed by atoms with E-state index in [4.69, 9.17) is 14.5 Å². The predicted molar refractivity (Wildman–Crippen MR) is 159 cm³/mol. The fraction of sp³-hybridized carbons (Fsp3) is 0.406. The number of ketones is 1. The largest absolute Gasteiger partial charge is 0.493 e. The maximum atomic E-state index is 13.6. The van der Waals surface area contributed by atoms with Crippen molar-refractivity contribution in [2.45, 2.75) is 70.6 Å². The van der Waals surface area contributed by atoms with E-state index in [0.717, 1.165) is 41.8 Å². The Morgan fingerprint density at radius 1 is 1.05 bits per heavy atom. The van der Waals surface area contributed by atoms with Crippen LogP contribution in [-0.2, 0) is 11.4 Å². The van der Waals surface area contributed by atoms with Crippen LogP contribution < -0.4 is 20.3 Å². The van der Waals surface area contributed by atoms with E-state index >= 15 is 0 Å². The first-order valence-corrected chi connectivity index (χ1v) is 14.9. The Morgan fingerprint density at radius 3 is 2.60 bits per heavy atom. The number of thioether (sulfide) groups is 1. The number of rotatable bonds is 10. The zero-order valence-electron chi connectivity index (χ0n) is 23.6. The molecule has 3 aromatic rings. The Balaban J connectivity index is 1.54. The van der Waals surface area contributed by atoms with E-state index in [1.165, 1.54) is 0 Å². The van der Waals surface area contributed by atoms with Gasteiger partial charge >= 0.3 is 0 Å². The summed E-state index contributed by atoms with van der Waals surface area (Å²) in [5.74, 6) is 2.06. The molecule has 2 N–H and O–H groups in total. The molecule has 8 heteroatoms. The molecule has 0 fully saturated rings. The van der Waals surface area contributed by atoms with Gasteiger partial charge in [-0.15, -0.1) is 0 Å². The topological polar surface area (TPSA) is 93.3 Å². The van der Waals surface area contributed by atoms with Crippen LogP contribution in [0.4, 0.5) is 5.82 Å². The van der Waals surface area contributed by atoms with Crippen LogP contribution in [0.1, 0.15) is 75.5 Å². The lowest BCUT2D eigenvalue weighted by molar-refractivity contribution is -0.118. The highest BCUT2D eigenvalue weighted by Gasteiger charge is 2.42. The van der Waals surface area contributed by atoms with Crippen LogP contribution in [0.2, 0.25) is 0 Å². The van der Waals surface area contributed by atoms with Crippen LogP contribution in [0.15, 0.2) is 69.8 Å². The Kier molecular flexibility index (Phi) is 8.35. The van der Waals surface area contributed by atoms with Crippen LogP contribution in [0, 0.1) is 5.41 Å². The summed E-state index contributed by atoms with van der Waals surface area (Å²) in [5.41, 5.74) is 3.38. The number of carbonyl (C=O) groups is 1. The molecule has 1 unspecified atom stereocenters. The SMILES string of the molecule is CCCCCSc1nc2c(c(=O)[nH]1)C(c1ccc(OCc3ccccc3)c(OC)c1)C1=C(CC(C)(C)CC1=O)N2. The molecule has 0 saturated carbocycles. The predicted octanol–water partition coefficient (Wildman–Crippen LogP) is 6.84. The number of unbranched alkanes of at least 4 members (excludes halogenated alkanes) is 2. The summed E-state index contributed by atoms with van der Waals surface area (Å²) in [4.78, 5) is 35.0. The monoisotopic (exact) mass is 559 g/mol. The summed E-state index contributed by atoms with van der Waals surface area (Å²) >= 11 is 1.56. The number of hydrogen-bond acceptors (Lipinski definition) is 7. The van der Waals surface area contributed by atoms with Crippen LogP contribution in [-0.4, -0.2) is 28.6 Å². The van der Waals surface area contributed by atoms with E-state index in [-0.39, 0.29) is 16.8 Å². The number of benzene rings is 2. The molecule has 0 bridgehead atoms. The highest BCUT2D eigenvalue weighted by atomic mass is 32.2. The Labute approximate surface area is 239 Å². The van der Waals surface area contributed by atoms with Gasteiger partial charge in [0.05, 0.1) is 12.7 Å². The number of nitrogens with zero attached hydrogens (tertiary/aromatic N) is 1. The Morgan fingerprint density at radius 2 is 1.85 bits per heavy atom. The van der Waals surface area contributed by atoms with Crippen LogP contribution in [0.5, 0.6) is 11.5 Å². The molecule has 1 aliphatic heterocycles. The molecule has 40 heavy (non-hydrogen) atoms. The van der Waals surface area contributed by atoms with Gasteiger partial charge in [0.25, 0.3) is 5.56 Å². The fourth-order valence-electron chi connectivity index (χ4n) is 5.53. The molecule has 5 rings (SSSR count). The van der Waals surface area contributed by atoms with Crippen molar-refractivity contribution in [1.82, 2.24) is 9.97 Å². The molecule has 0 radical (unpaired) electrons. The average molecular weight is 560 g/mol. The molecule has 1 atom stereocenters. The number of aromatic amines is 1. The second-order valence-electron chi connectivity index (χ2n) is 11.3. The second-order valence-corrected chi connectivity index (χ2v) is 12.3. The molecule has 210 valence electrons. The van der Waals surface area contributed by atoms with Crippen molar-refractivity contribution < 1.29 is 14.3 Å². The normalized spacial score (nSPS) is 17.6. The van der Waals surface area contributed by atoms with Gasteiger partial charge in [0.15, 0.2) is 22.4 Å². The fourth-order valence-corrected chi connectivity index (χ4v) is 6.40. The quantitative estimate of drug-likeness (QED) is 0.160. The van der Waals surface area contributed by atoms with Crippen molar-refractivity contribution in [3.05, 3.63) is 86.8 Å². The van der Waals surface area contributed by atoms with Crippen molar-refractivity contribution in [1.29, 1.82) is 0 Å². The molecular weight excluding hydrogens is 522 g/mol. The lowest BCUT2D eigenvalue weighted by Crippen LogP contribution is -2.37. The highest BCUT2D eigenvalue weighted by molar-refractivity contribution is 7.99. The maximum Gasteiger partial charge on any atom is 0.257 e. The lowest BCUT2D eigenvalue weighted by atomic mass is 9.69. The minimum Gasteiger partial charge on any atom is -0.493 e. The average Bonchev–Trinajstić information content (AvgIpc) is 2.93. The van der Waals surface area contributed by atoms with Crippen molar-refractivity contribution >= 4 is 23.4 Å². The number of Topliss-reactive ketones (excluding diaryl/α,β-unsaturated/α-hetero) is 1. The van der Waals surface area contributed by atoms with Crippen molar-refractivity contribution in [3.8, 4) is 11.5 Å². The molecule has 0 amide bonds. The number of methoxy groups -OCH3 is 1. The summed E-state index contributed by atoms with van der Waals surface area (Å²) in [6.07, 6.45) is 4.47. The molecule has 1 aromatic heterocycles. The van der Waals surface area contributed by atoms with E-state index in [1.807, 2.05) is 48.5 Å². The summed E-state index contributed by atoms with van der Waals surface area (Å²) in [5, 5.41) is 4.00. The number of nitrogens with one attached hydrogen (secondary N) is 2. The van der Waals surface area contributed by atoms with Gasteiger partial charge in [0.2, 0.25) is 0 Å². The molecule has 0 saturated heterocycles. The zero-order valence-corrected chi connectivity index (χ0v) is 24.5. The first kappa shape index (κ1) is 28.0. The smallest absolute Gasteiger partial charge is 0.257 e. The molecule has 2 aliphatic rings. The third-order valence-corrected chi connectivity index (χ3v) is 8.40. The minimum absolute atomic E-state index is 0.0511. The van der Waals surface area contributed by atoms with Gasteiger partial charge in [-0.2, -0.15) is 0 Å². The second kappa shape index (κ2) is 11.9. The first-order valence-electron chi connectivity index (χ1n) is 13.9. The van der Waals surface area contributed by atoms with Crippen molar-refractivity contribution in [2.24, 2.45) is 5.41 Å². The lowest BCUT2D eigenvalue weighted by Gasteiger charge is -2.38. The number of ether oxygens (including phenoxy) is 2. The van der Waals surface area contributed by atoms with E-state index in [9.17, 15) is 9.59 Å². The third-order valence-electron chi connectivity index (χ3n) is 7.45. The Hall–Kier alpha value is -3.52. The molecule has 1 aliphatic carbocycles. The van der Waals surface area contributed by atoms with Crippen LogP contribution in [0.3, 0.4) is 0 Å². The minimum atomic E-state index is -0.553. The maximum absolute atomic E-state index is 13.6. The number of fused-ring (bicyclic) bond motifs is 1. The molecule has 7 nitrogen and oxygen atoms in total. The van der Waals surface area contributed by atoms with E-state index in [0.29, 0.717) is 53.1 Å². The molecular formula is C32H37N3O4S. The van der Waals surface area contributed by atoms with Crippen molar-refractivity contribution in [2.75, 3.05) is 18.2 Å². The number of H-pyrrole nitrogens is 1. The van der Waals surface area contributed by atoms with E-state index in [1.54, 1.807) is 18.9 Å². The molecule has 2 aromatic carbocycles. The van der Waals surface area contributed by atoms with Crippen molar-refractivity contribution in [3.63, 3.8) is 0 Å². The van der Waals surface area contributed by atoms with Gasteiger partial charge in [-0.05, 0) is 41.5 Å². The van der Waals surface area contributed by atoms with Gasteiger partial charge < -0.3 is 19.8 Å². The summed E-state index contributed by atoms with van der Waals surface area (Å²) in [6, 6.07) is 15.6. The van der Waals surface area contributed by atoms with Crippen LogP contribution >= 0.6 is 11.8 Å². The van der Waals surface area contributed by atoms with E-state index < -0.39 is 5.92 Å². The third kappa shape index (κ3) is 5.97. The number of allylic oxidation sites excluding steroid dienone is 2. The van der Waals surface area contributed by atoms with Gasteiger partial charge in [0.1, 0.15) is 12.4 Å². The van der Waals surface area contributed by atoms with E-state index in [2.05, 4.69) is 31.1 Å². The summed E-state index contributed by atoms with van der Waals surface area (Å²) in [7, 11) is 1.60. The molecule has 2 heterocycles. The zero-order chi connectivity index (χ0) is 28.3. The summed E-state index contributed by atoms with van der Waals surface area (Å²) < 4.78 is 11.8. The van der Waals surface area contributed by atoms with Crippen LogP contribution in [0.25, 0.3) is 0 Å². The summed E-state index contributed by atoms with van der Waals surface area (Å²) in [6.45, 7) is 6.77. The number of anilines is 1. The number of aromatic nitrogens is 2. The van der Waals surface area contributed by atoms with Gasteiger partial charge in [-0.3, -0.25) is 9.59 Å². The van der Waals surface area contributed by atoms with Gasteiger partial charge in [0, 0.05) is 29.4 Å². The number of hydrogen-bond donors (Lipinski definition) is 2. The van der Waals surface area contributed by atoms with Gasteiger partial charge in [-0.1, -0.05) is 81.8 Å². The molecule has 0 spiro atoms.